The molecule has 0 unspecified atom stereocenters. The van der Waals surface area contributed by atoms with E-state index in [1.165, 1.54) is 11.3 Å². The molecule has 1 atom stereocenters. The number of hydrogen-bond donors (Lipinski definition) is 2. The van der Waals surface area contributed by atoms with Crippen molar-refractivity contribution in [2.75, 3.05) is 18.6 Å². The Kier molecular flexibility index (Phi) is 6.01. The van der Waals surface area contributed by atoms with Gasteiger partial charge in [-0.3, -0.25) is 9.20 Å². The monoisotopic (exact) mass is 395 g/mol. The van der Waals surface area contributed by atoms with Gasteiger partial charge in [0.1, 0.15) is 5.69 Å². The van der Waals surface area contributed by atoms with E-state index in [2.05, 4.69) is 10.3 Å². The molecule has 2 heterocycles. The summed E-state index contributed by atoms with van der Waals surface area (Å²) in [4.78, 5) is 17.9. The van der Waals surface area contributed by atoms with Crippen molar-refractivity contribution in [3.63, 3.8) is 0 Å². The first kappa shape index (κ1) is 18.3. The quantitative estimate of drug-likeness (QED) is 0.641. The van der Waals surface area contributed by atoms with Gasteiger partial charge in [-0.1, -0.05) is 23.7 Å². The number of aliphatic hydroxyl groups excluding tert-OH is 1. The average Bonchev–Trinajstić information content (AvgIpc) is 3.19. The fourth-order valence-corrected chi connectivity index (χ4v) is 3.94. The normalized spacial score (nSPS) is 12.4. The predicted octanol–water partition coefficient (Wildman–Crippen LogP) is 3.56. The standard InChI is InChI=1S/C17H18ClN3O2S2/c1-24-7-6-13(9-22)19-16(23)15-10-25-17-20-14(8-21(15)17)11-2-4-12(18)5-3-11/h2-5,8,10,13,22H,6-7,9H2,1H3,(H,19,23)/t13-/m0/s1. The average molecular weight is 396 g/mol. The minimum atomic E-state index is -0.242. The van der Waals surface area contributed by atoms with E-state index in [0.717, 1.165) is 28.4 Å². The van der Waals surface area contributed by atoms with Crippen molar-refractivity contribution in [2.24, 2.45) is 0 Å². The zero-order valence-electron chi connectivity index (χ0n) is 13.6. The van der Waals surface area contributed by atoms with Gasteiger partial charge >= 0.3 is 0 Å². The Bertz CT molecular complexity index is 861. The SMILES string of the molecule is CSCC[C@@H](CO)NC(=O)c1csc2nc(-c3ccc(Cl)cc3)cn12. The van der Waals surface area contributed by atoms with Gasteiger partial charge in [0.2, 0.25) is 0 Å². The van der Waals surface area contributed by atoms with Gasteiger partial charge in [0, 0.05) is 22.2 Å². The Hall–Kier alpha value is -1.54. The van der Waals surface area contributed by atoms with Crippen LogP contribution in [-0.2, 0) is 0 Å². The van der Waals surface area contributed by atoms with Crippen molar-refractivity contribution in [3.8, 4) is 11.3 Å². The molecule has 0 bridgehead atoms. The summed E-state index contributed by atoms with van der Waals surface area (Å²) in [5.74, 6) is 0.683. The third kappa shape index (κ3) is 4.17. The third-order valence-electron chi connectivity index (χ3n) is 3.81. The van der Waals surface area contributed by atoms with E-state index in [9.17, 15) is 9.90 Å². The lowest BCUT2D eigenvalue weighted by atomic mass is 10.2. The van der Waals surface area contributed by atoms with E-state index in [0.29, 0.717) is 10.7 Å². The van der Waals surface area contributed by atoms with Gasteiger partial charge in [-0.25, -0.2) is 4.98 Å². The second-order valence-corrected chi connectivity index (χ2v) is 7.80. The number of halogens is 1. The van der Waals surface area contributed by atoms with Crippen LogP contribution < -0.4 is 5.32 Å². The minimum Gasteiger partial charge on any atom is -0.394 e. The number of imidazole rings is 1. The number of benzene rings is 1. The lowest BCUT2D eigenvalue weighted by molar-refractivity contribution is 0.0909. The number of carbonyl (C=O) groups excluding carboxylic acids is 1. The molecular formula is C17H18ClN3O2S2. The number of thiazole rings is 1. The number of amides is 1. The molecule has 0 saturated carbocycles. The first-order valence-corrected chi connectivity index (χ1v) is 10.4. The number of fused-ring (bicyclic) bond motifs is 1. The summed E-state index contributed by atoms with van der Waals surface area (Å²) in [5, 5.41) is 14.8. The molecule has 0 aliphatic heterocycles. The van der Waals surface area contributed by atoms with Crippen LogP contribution in [0.5, 0.6) is 0 Å². The van der Waals surface area contributed by atoms with Crippen molar-refractivity contribution in [2.45, 2.75) is 12.5 Å². The second kappa shape index (κ2) is 8.23. The summed E-state index contributed by atoms with van der Waals surface area (Å²) >= 11 is 9.02. The van der Waals surface area contributed by atoms with Crippen LogP contribution in [0, 0.1) is 0 Å². The molecule has 0 aliphatic rings. The van der Waals surface area contributed by atoms with Crippen molar-refractivity contribution < 1.29 is 9.90 Å². The van der Waals surface area contributed by atoms with Crippen LogP contribution in [0.3, 0.4) is 0 Å². The van der Waals surface area contributed by atoms with Crippen molar-refractivity contribution in [3.05, 3.63) is 46.6 Å². The molecule has 1 aromatic carbocycles. The van der Waals surface area contributed by atoms with Crippen LogP contribution in [-0.4, -0.2) is 45.1 Å². The van der Waals surface area contributed by atoms with Crippen LogP contribution >= 0.6 is 34.7 Å². The summed E-state index contributed by atoms with van der Waals surface area (Å²) in [7, 11) is 0. The smallest absolute Gasteiger partial charge is 0.269 e. The van der Waals surface area contributed by atoms with Crippen molar-refractivity contribution in [1.82, 2.24) is 14.7 Å². The van der Waals surface area contributed by atoms with Gasteiger partial charge in [-0.05, 0) is 30.6 Å². The molecule has 0 fully saturated rings. The van der Waals surface area contributed by atoms with Gasteiger partial charge in [-0.15, -0.1) is 11.3 Å². The summed E-state index contributed by atoms with van der Waals surface area (Å²) in [6.07, 6.45) is 4.58. The Morgan fingerprint density at radius 1 is 1.44 bits per heavy atom. The molecule has 2 aromatic heterocycles. The van der Waals surface area contributed by atoms with Gasteiger partial charge in [0.05, 0.1) is 18.3 Å². The van der Waals surface area contributed by atoms with E-state index >= 15 is 0 Å². The molecule has 1 amide bonds. The maximum absolute atomic E-state index is 12.6. The number of nitrogens with one attached hydrogen (secondary N) is 1. The highest BCUT2D eigenvalue weighted by Crippen LogP contribution is 2.25. The number of aliphatic hydroxyl groups is 1. The molecule has 25 heavy (non-hydrogen) atoms. The number of aromatic nitrogens is 2. The summed E-state index contributed by atoms with van der Waals surface area (Å²) in [5.41, 5.74) is 2.26. The molecule has 0 radical (unpaired) electrons. The molecular weight excluding hydrogens is 378 g/mol. The van der Waals surface area contributed by atoms with E-state index in [1.54, 1.807) is 21.5 Å². The number of rotatable bonds is 7. The highest BCUT2D eigenvalue weighted by molar-refractivity contribution is 7.98. The predicted molar refractivity (Wildman–Crippen MR) is 105 cm³/mol. The van der Waals surface area contributed by atoms with Gasteiger partial charge in [0.25, 0.3) is 5.91 Å². The zero-order valence-corrected chi connectivity index (χ0v) is 16.0. The molecule has 5 nitrogen and oxygen atoms in total. The Morgan fingerprint density at radius 3 is 2.88 bits per heavy atom. The summed E-state index contributed by atoms with van der Waals surface area (Å²) < 4.78 is 1.78. The molecule has 0 aliphatic carbocycles. The maximum Gasteiger partial charge on any atom is 0.269 e. The van der Waals surface area contributed by atoms with E-state index in [1.807, 2.05) is 36.7 Å². The third-order valence-corrected chi connectivity index (χ3v) is 5.54. The molecule has 3 rings (SSSR count). The van der Waals surface area contributed by atoms with Crippen LogP contribution in [0.15, 0.2) is 35.8 Å². The van der Waals surface area contributed by atoms with E-state index in [-0.39, 0.29) is 18.6 Å². The van der Waals surface area contributed by atoms with Crippen LogP contribution in [0.1, 0.15) is 16.9 Å². The zero-order chi connectivity index (χ0) is 17.8. The molecule has 3 aromatic rings. The summed E-state index contributed by atoms with van der Waals surface area (Å²) in [6, 6.07) is 7.19. The molecule has 132 valence electrons. The molecule has 8 heteroatoms. The van der Waals surface area contributed by atoms with Gasteiger partial charge in [-0.2, -0.15) is 11.8 Å². The topological polar surface area (TPSA) is 66.6 Å². The van der Waals surface area contributed by atoms with Crippen LogP contribution in [0.4, 0.5) is 0 Å². The lowest BCUT2D eigenvalue weighted by Crippen LogP contribution is -2.38. The Labute approximate surface area is 159 Å². The molecule has 0 saturated heterocycles. The number of carbonyl (C=O) groups is 1. The number of nitrogens with zero attached hydrogens (tertiary/aromatic N) is 2. The lowest BCUT2D eigenvalue weighted by Gasteiger charge is -2.15. The van der Waals surface area contributed by atoms with E-state index in [4.69, 9.17) is 11.6 Å². The van der Waals surface area contributed by atoms with E-state index < -0.39 is 0 Å². The maximum atomic E-state index is 12.6. The van der Waals surface area contributed by atoms with Gasteiger partial charge in [0.15, 0.2) is 4.96 Å². The minimum absolute atomic E-state index is 0.0699. The van der Waals surface area contributed by atoms with Gasteiger partial charge < -0.3 is 10.4 Å². The Balaban J connectivity index is 1.82. The fourth-order valence-electron chi connectivity index (χ4n) is 2.44. The molecule has 2 N–H and O–H groups in total. The number of hydrogen-bond acceptors (Lipinski definition) is 5. The largest absolute Gasteiger partial charge is 0.394 e. The van der Waals surface area contributed by atoms with Crippen molar-refractivity contribution >= 4 is 45.6 Å². The Morgan fingerprint density at radius 2 is 2.20 bits per heavy atom. The highest BCUT2D eigenvalue weighted by atomic mass is 35.5. The molecule has 0 spiro atoms. The highest BCUT2D eigenvalue weighted by Gasteiger charge is 2.18. The first-order valence-electron chi connectivity index (χ1n) is 7.75. The number of thioether (sulfide) groups is 1. The first-order chi connectivity index (χ1) is 12.1. The summed E-state index contributed by atoms with van der Waals surface area (Å²) in [6.45, 7) is -0.0699. The fraction of sp³-hybridized carbons (Fsp3) is 0.294. The van der Waals surface area contributed by atoms with Crippen molar-refractivity contribution in [1.29, 1.82) is 0 Å². The second-order valence-electron chi connectivity index (χ2n) is 5.54. The van der Waals surface area contributed by atoms with Crippen LogP contribution in [0.25, 0.3) is 16.2 Å². The van der Waals surface area contributed by atoms with Crippen LogP contribution in [0.2, 0.25) is 5.02 Å².